The van der Waals surface area contributed by atoms with Crippen LogP contribution in [0.2, 0.25) is 0 Å². The van der Waals surface area contributed by atoms with Gasteiger partial charge in [0.05, 0.1) is 0 Å². The normalized spacial score (nSPS) is 12.3. The summed E-state index contributed by atoms with van der Waals surface area (Å²) in [5.41, 5.74) is 6.19. The average Bonchev–Trinajstić information content (AvgIpc) is 2.26. The van der Waals surface area contributed by atoms with Crippen molar-refractivity contribution in [3.63, 3.8) is 0 Å². The largest absolute Gasteiger partial charge is 0.338 e. The van der Waals surface area contributed by atoms with Crippen molar-refractivity contribution >= 4 is 21.8 Å². The summed E-state index contributed by atoms with van der Waals surface area (Å²) in [4.78, 5) is 13.6. The van der Waals surface area contributed by atoms with Gasteiger partial charge >= 0.3 is 0 Å². The standard InChI is InChI=1S/C11H15BrN2O/c1-8(7-13)14(2)11(15)9-4-3-5-10(12)6-9/h3-6,8H,7,13H2,1-2H3. The lowest BCUT2D eigenvalue weighted by atomic mass is 10.2. The minimum Gasteiger partial charge on any atom is -0.338 e. The Bertz CT molecular complexity index is 354. The molecule has 1 rings (SSSR count). The summed E-state index contributed by atoms with van der Waals surface area (Å²) in [7, 11) is 1.76. The first-order valence-corrected chi connectivity index (χ1v) is 5.58. The summed E-state index contributed by atoms with van der Waals surface area (Å²) in [6, 6.07) is 7.40. The molecule has 15 heavy (non-hydrogen) atoms. The first-order chi connectivity index (χ1) is 7.06. The molecule has 0 heterocycles. The van der Waals surface area contributed by atoms with Crippen molar-refractivity contribution in [1.82, 2.24) is 4.90 Å². The molecule has 82 valence electrons. The number of hydrogen-bond donors (Lipinski definition) is 1. The van der Waals surface area contributed by atoms with E-state index in [1.165, 1.54) is 0 Å². The Balaban J connectivity index is 2.85. The third kappa shape index (κ3) is 3.04. The van der Waals surface area contributed by atoms with Gasteiger partial charge in [0, 0.05) is 29.7 Å². The molecule has 3 nitrogen and oxygen atoms in total. The quantitative estimate of drug-likeness (QED) is 0.912. The van der Waals surface area contributed by atoms with Crippen LogP contribution in [0, 0.1) is 0 Å². The number of hydrogen-bond acceptors (Lipinski definition) is 2. The highest BCUT2D eigenvalue weighted by molar-refractivity contribution is 9.10. The topological polar surface area (TPSA) is 46.3 Å². The van der Waals surface area contributed by atoms with Crippen LogP contribution >= 0.6 is 15.9 Å². The summed E-state index contributed by atoms with van der Waals surface area (Å²) in [6.45, 7) is 2.39. The molecule has 0 saturated heterocycles. The van der Waals surface area contributed by atoms with E-state index in [0.29, 0.717) is 12.1 Å². The zero-order chi connectivity index (χ0) is 11.4. The van der Waals surface area contributed by atoms with Crippen LogP contribution in [-0.2, 0) is 0 Å². The Kier molecular flexibility index (Phi) is 4.29. The predicted molar refractivity (Wildman–Crippen MR) is 64.8 cm³/mol. The van der Waals surface area contributed by atoms with Crippen LogP contribution in [0.25, 0.3) is 0 Å². The van der Waals surface area contributed by atoms with E-state index < -0.39 is 0 Å². The van der Waals surface area contributed by atoms with Crippen molar-refractivity contribution in [2.45, 2.75) is 13.0 Å². The van der Waals surface area contributed by atoms with Crippen molar-refractivity contribution < 1.29 is 4.79 Å². The van der Waals surface area contributed by atoms with E-state index in [4.69, 9.17) is 5.73 Å². The number of likely N-dealkylation sites (N-methyl/N-ethyl adjacent to an activating group) is 1. The summed E-state index contributed by atoms with van der Waals surface area (Å²) in [6.07, 6.45) is 0. The van der Waals surface area contributed by atoms with E-state index in [1.54, 1.807) is 18.0 Å². The molecule has 1 unspecified atom stereocenters. The smallest absolute Gasteiger partial charge is 0.253 e. The van der Waals surface area contributed by atoms with Crippen LogP contribution in [0.4, 0.5) is 0 Å². The van der Waals surface area contributed by atoms with E-state index in [9.17, 15) is 4.79 Å². The van der Waals surface area contributed by atoms with Crippen LogP contribution < -0.4 is 5.73 Å². The molecule has 0 spiro atoms. The molecule has 1 aromatic carbocycles. The Labute approximate surface area is 98.4 Å². The highest BCUT2D eigenvalue weighted by atomic mass is 79.9. The number of nitrogens with zero attached hydrogens (tertiary/aromatic N) is 1. The van der Waals surface area contributed by atoms with Crippen molar-refractivity contribution in [2.24, 2.45) is 5.73 Å². The number of amides is 1. The number of carbonyl (C=O) groups excluding carboxylic acids is 1. The van der Waals surface area contributed by atoms with E-state index in [1.807, 2.05) is 25.1 Å². The Hall–Kier alpha value is -0.870. The molecule has 0 saturated carbocycles. The molecule has 0 aliphatic heterocycles. The summed E-state index contributed by atoms with van der Waals surface area (Å²) < 4.78 is 0.905. The molecular weight excluding hydrogens is 256 g/mol. The van der Waals surface area contributed by atoms with Gasteiger partial charge in [0.15, 0.2) is 0 Å². The molecule has 1 aromatic rings. The maximum absolute atomic E-state index is 11.9. The first kappa shape index (κ1) is 12.2. The van der Waals surface area contributed by atoms with E-state index in [2.05, 4.69) is 15.9 Å². The average molecular weight is 271 g/mol. The predicted octanol–water partition coefficient (Wildman–Crippen LogP) is 1.87. The van der Waals surface area contributed by atoms with Crippen molar-refractivity contribution in [1.29, 1.82) is 0 Å². The van der Waals surface area contributed by atoms with Gasteiger partial charge < -0.3 is 10.6 Å². The van der Waals surface area contributed by atoms with Crippen LogP contribution in [0.15, 0.2) is 28.7 Å². The summed E-state index contributed by atoms with van der Waals surface area (Å²) in [5.74, 6) is -0.00532. The fourth-order valence-electron chi connectivity index (χ4n) is 1.18. The van der Waals surface area contributed by atoms with Gasteiger partial charge in [-0.25, -0.2) is 0 Å². The van der Waals surface area contributed by atoms with Crippen LogP contribution in [0.1, 0.15) is 17.3 Å². The van der Waals surface area contributed by atoms with Gasteiger partial charge in [-0.1, -0.05) is 22.0 Å². The Morgan fingerprint density at radius 1 is 1.60 bits per heavy atom. The maximum Gasteiger partial charge on any atom is 0.253 e. The van der Waals surface area contributed by atoms with Crippen molar-refractivity contribution in [2.75, 3.05) is 13.6 Å². The summed E-state index contributed by atoms with van der Waals surface area (Å²) in [5, 5.41) is 0. The van der Waals surface area contributed by atoms with Gasteiger partial charge in [-0.2, -0.15) is 0 Å². The first-order valence-electron chi connectivity index (χ1n) is 4.79. The van der Waals surface area contributed by atoms with E-state index in [0.717, 1.165) is 4.47 Å². The third-order valence-electron chi connectivity index (χ3n) is 2.39. The third-order valence-corrected chi connectivity index (χ3v) is 2.89. The second-order valence-electron chi connectivity index (χ2n) is 3.51. The number of halogens is 1. The molecule has 0 fully saturated rings. The SMILES string of the molecule is CC(CN)N(C)C(=O)c1cccc(Br)c1. The van der Waals surface area contributed by atoms with Crippen LogP contribution in [0.3, 0.4) is 0 Å². The van der Waals surface area contributed by atoms with Crippen molar-refractivity contribution in [3.8, 4) is 0 Å². The zero-order valence-electron chi connectivity index (χ0n) is 8.90. The molecule has 0 radical (unpaired) electrons. The van der Waals surface area contributed by atoms with Gasteiger partial charge in [-0.3, -0.25) is 4.79 Å². The maximum atomic E-state index is 11.9. The number of benzene rings is 1. The molecule has 4 heteroatoms. The molecule has 0 aliphatic carbocycles. The molecule has 0 bridgehead atoms. The zero-order valence-corrected chi connectivity index (χ0v) is 10.5. The van der Waals surface area contributed by atoms with Gasteiger partial charge in [0.1, 0.15) is 0 Å². The van der Waals surface area contributed by atoms with Crippen LogP contribution in [0.5, 0.6) is 0 Å². The molecule has 1 amide bonds. The fourth-order valence-corrected chi connectivity index (χ4v) is 1.58. The van der Waals surface area contributed by atoms with Crippen molar-refractivity contribution in [3.05, 3.63) is 34.3 Å². The molecule has 0 aromatic heterocycles. The molecular formula is C11H15BrN2O. The minimum atomic E-state index is -0.00532. The van der Waals surface area contributed by atoms with E-state index in [-0.39, 0.29) is 11.9 Å². The number of rotatable bonds is 3. The van der Waals surface area contributed by atoms with Gasteiger partial charge in [-0.15, -0.1) is 0 Å². The lowest BCUT2D eigenvalue weighted by Crippen LogP contribution is -2.39. The lowest BCUT2D eigenvalue weighted by Gasteiger charge is -2.23. The molecule has 1 atom stereocenters. The number of carbonyl (C=O) groups is 1. The summed E-state index contributed by atoms with van der Waals surface area (Å²) >= 11 is 3.34. The van der Waals surface area contributed by atoms with Gasteiger partial charge in [0.25, 0.3) is 5.91 Å². The highest BCUT2D eigenvalue weighted by Crippen LogP contribution is 2.13. The highest BCUT2D eigenvalue weighted by Gasteiger charge is 2.15. The Morgan fingerprint density at radius 3 is 2.80 bits per heavy atom. The van der Waals surface area contributed by atoms with E-state index >= 15 is 0 Å². The monoisotopic (exact) mass is 270 g/mol. The molecule has 2 N–H and O–H groups in total. The fraction of sp³-hybridized carbons (Fsp3) is 0.364. The van der Waals surface area contributed by atoms with Gasteiger partial charge in [-0.05, 0) is 25.1 Å². The number of nitrogens with two attached hydrogens (primary N) is 1. The van der Waals surface area contributed by atoms with Gasteiger partial charge in [0.2, 0.25) is 0 Å². The minimum absolute atomic E-state index is 0.00532. The second-order valence-corrected chi connectivity index (χ2v) is 4.43. The Morgan fingerprint density at radius 2 is 2.27 bits per heavy atom. The second kappa shape index (κ2) is 5.28. The van der Waals surface area contributed by atoms with Crippen LogP contribution in [-0.4, -0.2) is 30.4 Å². The molecule has 0 aliphatic rings. The lowest BCUT2D eigenvalue weighted by molar-refractivity contribution is 0.0748.